The highest BCUT2D eigenvalue weighted by Crippen LogP contribution is 2.39. The molecule has 0 fully saturated rings. The van der Waals surface area contributed by atoms with E-state index in [2.05, 4.69) is 45.6 Å². The average molecular weight is 323 g/mol. The SMILES string of the molecule is OC1(Cc2cc(Br)cs2)CCCc2ccccc21. The van der Waals surface area contributed by atoms with Crippen molar-refractivity contribution >= 4 is 27.3 Å². The van der Waals surface area contributed by atoms with Gasteiger partial charge in [-0.3, -0.25) is 0 Å². The summed E-state index contributed by atoms with van der Waals surface area (Å²) in [5, 5.41) is 13.1. The van der Waals surface area contributed by atoms with Gasteiger partial charge >= 0.3 is 0 Å². The van der Waals surface area contributed by atoms with E-state index in [9.17, 15) is 5.11 Å². The van der Waals surface area contributed by atoms with Crippen molar-refractivity contribution in [2.45, 2.75) is 31.3 Å². The normalized spacial score (nSPS) is 22.8. The number of aliphatic hydroxyl groups is 1. The minimum atomic E-state index is -0.681. The molecule has 1 aliphatic carbocycles. The lowest BCUT2D eigenvalue weighted by molar-refractivity contribution is 0.0198. The molecule has 0 amide bonds. The standard InChI is InChI=1S/C15H15BrOS/c16-12-8-13(18-10-12)9-15(17)7-3-5-11-4-1-2-6-14(11)15/h1-2,4,6,8,10,17H,3,5,7,9H2. The van der Waals surface area contributed by atoms with Crippen LogP contribution in [0.3, 0.4) is 0 Å². The van der Waals surface area contributed by atoms with Crippen LogP contribution in [0.2, 0.25) is 0 Å². The van der Waals surface area contributed by atoms with Crippen molar-refractivity contribution in [3.8, 4) is 0 Å². The molecule has 0 radical (unpaired) electrons. The first kappa shape index (κ1) is 12.4. The second-order valence-corrected chi connectivity index (χ2v) is 6.86. The van der Waals surface area contributed by atoms with Crippen molar-refractivity contribution in [1.29, 1.82) is 0 Å². The third-order valence-electron chi connectivity index (χ3n) is 3.64. The van der Waals surface area contributed by atoms with Gasteiger partial charge in [0.2, 0.25) is 0 Å². The van der Waals surface area contributed by atoms with E-state index in [0.717, 1.165) is 35.7 Å². The number of hydrogen-bond donors (Lipinski definition) is 1. The maximum atomic E-state index is 11.0. The zero-order valence-electron chi connectivity index (χ0n) is 10.0. The Morgan fingerprint density at radius 2 is 2.17 bits per heavy atom. The first-order chi connectivity index (χ1) is 8.67. The smallest absolute Gasteiger partial charge is 0.0947 e. The van der Waals surface area contributed by atoms with Crippen molar-refractivity contribution in [3.63, 3.8) is 0 Å². The van der Waals surface area contributed by atoms with Gasteiger partial charge in [0.25, 0.3) is 0 Å². The second kappa shape index (κ2) is 4.80. The van der Waals surface area contributed by atoms with Gasteiger partial charge in [-0.15, -0.1) is 11.3 Å². The molecule has 3 heteroatoms. The summed E-state index contributed by atoms with van der Waals surface area (Å²) in [4.78, 5) is 1.24. The predicted octanol–water partition coefficient (Wildman–Crippen LogP) is 4.28. The minimum absolute atomic E-state index is 0.681. The van der Waals surface area contributed by atoms with Crippen LogP contribution in [0.25, 0.3) is 0 Å². The summed E-state index contributed by atoms with van der Waals surface area (Å²) in [6.07, 6.45) is 3.74. The zero-order valence-corrected chi connectivity index (χ0v) is 12.4. The molecular weight excluding hydrogens is 308 g/mol. The molecule has 1 unspecified atom stereocenters. The largest absolute Gasteiger partial charge is 0.385 e. The second-order valence-electron chi connectivity index (χ2n) is 4.95. The number of aryl methyl sites for hydroxylation is 1. The summed E-state index contributed by atoms with van der Waals surface area (Å²) in [6, 6.07) is 10.4. The number of thiophene rings is 1. The minimum Gasteiger partial charge on any atom is -0.385 e. The number of halogens is 1. The van der Waals surface area contributed by atoms with Crippen molar-refractivity contribution in [2.75, 3.05) is 0 Å². The lowest BCUT2D eigenvalue weighted by Crippen LogP contribution is -2.32. The third kappa shape index (κ3) is 2.27. The van der Waals surface area contributed by atoms with Gasteiger partial charge in [0.1, 0.15) is 0 Å². The van der Waals surface area contributed by atoms with E-state index in [4.69, 9.17) is 0 Å². The van der Waals surface area contributed by atoms with Crippen LogP contribution in [0.5, 0.6) is 0 Å². The molecule has 1 atom stereocenters. The summed E-state index contributed by atoms with van der Waals surface area (Å²) < 4.78 is 1.11. The molecule has 2 aromatic rings. The van der Waals surface area contributed by atoms with Crippen LogP contribution in [0.4, 0.5) is 0 Å². The van der Waals surface area contributed by atoms with Gasteiger partial charge in [-0.2, -0.15) is 0 Å². The molecule has 1 heterocycles. The van der Waals surface area contributed by atoms with Crippen LogP contribution in [-0.4, -0.2) is 5.11 Å². The fourth-order valence-electron chi connectivity index (χ4n) is 2.82. The average Bonchev–Trinajstić information content (AvgIpc) is 2.75. The van der Waals surface area contributed by atoms with Gasteiger partial charge in [-0.1, -0.05) is 24.3 Å². The fourth-order valence-corrected chi connectivity index (χ4v) is 4.37. The van der Waals surface area contributed by atoms with Gasteiger partial charge in [0.05, 0.1) is 5.60 Å². The number of fused-ring (bicyclic) bond motifs is 1. The van der Waals surface area contributed by atoms with E-state index in [1.165, 1.54) is 10.4 Å². The van der Waals surface area contributed by atoms with Gasteiger partial charge in [0, 0.05) is 21.2 Å². The highest BCUT2D eigenvalue weighted by molar-refractivity contribution is 9.10. The molecule has 1 aromatic carbocycles. The molecule has 0 bridgehead atoms. The molecular formula is C15H15BrOS. The Balaban J connectivity index is 1.95. The Bertz CT molecular complexity index is 563. The topological polar surface area (TPSA) is 20.2 Å². The van der Waals surface area contributed by atoms with Crippen molar-refractivity contribution in [2.24, 2.45) is 0 Å². The highest BCUT2D eigenvalue weighted by Gasteiger charge is 2.34. The van der Waals surface area contributed by atoms with E-state index >= 15 is 0 Å². The third-order valence-corrected chi connectivity index (χ3v) is 5.34. The molecule has 0 aliphatic heterocycles. The van der Waals surface area contributed by atoms with Gasteiger partial charge in [0.15, 0.2) is 0 Å². The van der Waals surface area contributed by atoms with E-state index in [1.54, 1.807) is 11.3 Å². The molecule has 18 heavy (non-hydrogen) atoms. The monoisotopic (exact) mass is 322 g/mol. The van der Waals surface area contributed by atoms with Crippen molar-refractivity contribution < 1.29 is 5.11 Å². The lowest BCUT2D eigenvalue weighted by atomic mass is 9.77. The first-order valence-electron chi connectivity index (χ1n) is 6.21. The Hall–Kier alpha value is -0.640. The molecule has 1 nitrogen and oxygen atoms in total. The first-order valence-corrected chi connectivity index (χ1v) is 7.88. The molecule has 94 valence electrons. The maximum absolute atomic E-state index is 11.0. The predicted molar refractivity (Wildman–Crippen MR) is 79.0 cm³/mol. The van der Waals surface area contributed by atoms with Gasteiger partial charge in [-0.05, 0) is 52.4 Å². The highest BCUT2D eigenvalue weighted by atomic mass is 79.9. The van der Waals surface area contributed by atoms with Crippen LogP contribution < -0.4 is 0 Å². The van der Waals surface area contributed by atoms with Crippen molar-refractivity contribution in [1.82, 2.24) is 0 Å². The molecule has 1 aromatic heterocycles. The quantitative estimate of drug-likeness (QED) is 0.875. The van der Waals surface area contributed by atoms with Crippen LogP contribution in [0.15, 0.2) is 40.2 Å². The maximum Gasteiger partial charge on any atom is 0.0947 e. The van der Waals surface area contributed by atoms with Crippen LogP contribution in [-0.2, 0) is 18.4 Å². The molecule has 0 saturated carbocycles. The van der Waals surface area contributed by atoms with Crippen LogP contribution >= 0.6 is 27.3 Å². The number of hydrogen-bond acceptors (Lipinski definition) is 2. The van der Waals surface area contributed by atoms with Crippen LogP contribution in [0.1, 0.15) is 28.8 Å². The van der Waals surface area contributed by atoms with E-state index in [0.29, 0.717) is 0 Å². The fraction of sp³-hybridized carbons (Fsp3) is 0.333. The summed E-state index contributed by atoms with van der Waals surface area (Å²) in [6.45, 7) is 0. The van der Waals surface area contributed by atoms with Crippen molar-refractivity contribution in [3.05, 3.63) is 56.2 Å². The molecule has 3 rings (SSSR count). The summed E-state index contributed by atoms with van der Waals surface area (Å²) in [5.41, 5.74) is 1.75. The summed E-state index contributed by atoms with van der Waals surface area (Å²) in [7, 11) is 0. The Kier molecular flexibility index (Phi) is 3.31. The Labute approximate surface area is 120 Å². The van der Waals surface area contributed by atoms with E-state index < -0.39 is 5.60 Å². The van der Waals surface area contributed by atoms with Gasteiger partial charge < -0.3 is 5.11 Å². The molecule has 0 saturated heterocycles. The zero-order chi connectivity index (χ0) is 12.6. The van der Waals surface area contributed by atoms with Gasteiger partial charge in [-0.25, -0.2) is 0 Å². The van der Waals surface area contributed by atoms with E-state index in [1.807, 2.05) is 6.07 Å². The molecule has 0 spiro atoms. The summed E-state index contributed by atoms with van der Waals surface area (Å²) in [5.74, 6) is 0. The Morgan fingerprint density at radius 1 is 1.33 bits per heavy atom. The number of rotatable bonds is 2. The van der Waals surface area contributed by atoms with E-state index in [-0.39, 0.29) is 0 Å². The Morgan fingerprint density at radius 3 is 2.94 bits per heavy atom. The lowest BCUT2D eigenvalue weighted by Gasteiger charge is -2.34. The summed E-state index contributed by atoms with van der Waals surface area (Å²) >= 11 is 5.18. The molecule has 1 N–H and O–H groups in total. The van der Waals surface area contributed by atoms with Crippen LogP contribution in [0, 0.1) is 0 Å². The number of benzene rings is 1. The molecule has 1 aliphatic rings.